The molecule has 0 aromatic heterocycles. The number of nitrogens with two attached hydrogens (primary N) is 1. The van der Waals surface area contributed by atoms with Crippen LogP contribution in [-0.2, 0) is 4.79 Å². The maximum Gasteiger partial charge on any atom is 0.256 e. The van der Waals surface area contributed by atoms with Crippen molar-refractivity contribution in [2.75, 3.05) is 25.4 Å². The van der Waals surface area contributed by atoms with Crippen molar-refractivity contribution in [3.05, 3.63) is 23.8 Å². The normalized spacial score (nSPS) is 10.0. The number of amides is 2. The Morgan fingerprint density at radius 1 is 1.37 bits per heavy atom. The van der Waals surface area contributed by atoms with E-state index in [1.807, 2.05) is 6.92 Å². The summed E-state index contributed by atoms with van der Waals surface area (Å²) in [6.07, 6.45) is 0. The van der Waals surface area contributed by atoms with Gasteiger partial charge in [-0.05, 0) is 32.0 Å². The molecule has 0 atom stereocenters. The van der Waals surface area contributed by atoms with Crippen LogP contribution in [0.4, 0.5) is 5.69 Å². The Kier molecular flexibility index (Phi) is 5.17. The van der Waals surface area contributed by atoms with Gasteiger partial charge >= 0.3 is 0 Å². The number of nitrogen functional groups attached to an aromatic ring is 1. The summed E-state index contributed by atoms with van der Waals surface area (Å²) in [5.41, 5.74) is 6.19. The van der Waals surface area contributed by atoms with E-state index in [9.17, 15) is 14.7 Å². The topological polar surface area (TPSA) is 95.7 Å². The van der Waals surface area contributed by atoms with E-state index in [0.717, 1.165) is 0 Å². The third-order valence-electron chi connectivity index (χ3n) is 2.64. The minimum Gasteiger partial charge on any atom is -0.508 e. The van der Waals surface area contributed by atoms with Crippen molar-refractivity contribution in [3.63, 3.8) is 0 Å². The monoisotopic (exact) mass is 265 g/mol. The van der Waals surface area contributed by atoms with Crippen molar-refractivity contribution in [3.8, 4) is 5.75 Å². The highest BCUT2D eigenvalue weighted by molar-refractivity contribution is 6.01. The molecule has 1 aromatic carbocycles. The van der Waals surface area contributed by atoms with E-state index in [1.165, 1.54) is 23.1 Å². The summed E-state index contributed by atoms with van der Waals surface area (Å²) in [6, 6.07) is 4.17. The van der Waals surface area contributed by atoms with E-state index >= 15 is 0 Å². The first-order valence-corrected chi connectivity index (χ1v) is 6.14. The lowest BCUT2D eigenvalue weighted by Crippen LogP contribution is -2.40. The Balaban J connectivity index is 2.89. The molecular weight excluding hydrogens is 246 g/mol. The lowest BCUT2D eigenvalue weighted by atomic mass is 10.1. The van der Waals surface area contributed by atoms with Gasteiger partial charge in [0.15, 0.2) is 0 Å². The van der Waals surface area contributed by atoms with Crippen LogP contribution in [0.15, 0.2) is 18.2 Å². The van der Waals surface area contributed by atoms with Gasteiger partial charge in [0.2, 0.25) is 5.91 Å². The molecule has 0 heterocycles. The Morgan fingerprint density at radius 3 is 2.63 bits per heavy atom. The second kappa shape index (κ2) is 6.63. The molecule has 0 unspecified atom stereocenters. The summed E-state index contributed by atoms with van der Waals surface area (Å²) in [5, 5.41) is 12.0. The number of hydrogen-bond donors (Lipinski definition) is 3. The van der Waals surface area contributed by atoms with Gasteiger partial charge in [0.05, 0.1) is 12.1 Å². The second-order valence-corrected chi connectivity index (χ2v) is 4.04. The maximum absolute atomic E-state index is 12.2. The van der Waals surface area contributed by atoms with Crippen molar-refractivity contribution in [1.82, 2.24) is 10.2 Å². The minimum absolute atomic E-state index is 0.0295. The molecule has 0 bridgehead atoms. The van der Waals surface area contributed by atoms with Crippen LogP contribution < -0.4 is 11.1 Å². The van der Waals surface area contributed by atoms with Gasteiger partial charge in [0.1, 0.15) is 5.75 Å². The standard InChI is InChI=1S/C13H19N3O3/c1-3-15-12(18)8-16(4-2)13(19)10-7-9(17)5-6-11(10)14/h5-7,17H,3-4,8,14H2,1-2H3,(H,15,18). The number of nitrogens with zero attached hydrogens (tertiary/aromatic N) is 1. The fourth-order valence-corrected chi connectivity index (χ4v) is 1.65. The van der Waals surface area contributed by atoms with Crippen molar-refractivity contribution in [1.29, 1.82) is 0 Å². The number of phenols is 1. The summed E-state index contributed by atoms with van der Waals surface area (Å²) in [5.74, 6) is -0.634. The van der Waals surface area contributed by atoms with Gasteiger partial charge in [0, 0.05) is 18.8 Å². The SMILES string of the molecule is CCNC(=O)CN(CC)C(=O)c1cc(O)ccc1N. The number of aromatic hydroxyl groups is 1. The van der Waals surface area contributed by atoms with Gasteiger partial charge < -0.3 is 21.1 Å². The molecule has 2 amide bonds. The van der Waals surface area contributed by atoms with E-state index in [-0.39, 0.29) is 35.4 Å². The van der Waals surface area contributed by atoms with Crippen LogP contribution in [0.5, 0.6) is 5.75 Å². The quantitative estimate of drug-likeness (QED) is 0.536. The Morgan fingerprint density at radius 2 is 2.05 bits per heavy atom. The zero-order chi connectivity index (χ0) is 14.4. The highest BCUT2D eigenvalue weighted by Crippen LogP contribution is 2.20. The van der Waals surface area contributed by atoms with Gasteiger partial charge in [-0.15, -0.1) is 0 Å². The Hall–Kier alpha value is -2.24. The molecule has 0 aliphatic carbocycles. The fraction of sp³-hybridized carbons (Fsp3) is 0.385. The molecule has 104 valence electrons. The highest BCUT2D eigenvalue weighted by Gasteiger charge is 2.19. The minimum atomic E-state index is -0.373. The number of likely N-dealkylation sites (N-methyl/N-ethyl adjacent to an activating group) is 2. The molecular formula is C13H19N3O3. The molecule has 19 heavy (non-hydrogen) atoms. The molecule has 0 fully saturated rings. The number of carbonyl (C=O) groups is 2. The molecule has 0 aliphatic heterocycles. The van der Waals surface area contributed by atoms with E-state index in [0.29, 0.717) is 13.1 Å². The van der Waals surface area contributed by atoms with Gasteiger partial charge in [0.25, 0.3) is 5.91 Å². The van der Waals surface area contributed by atoms with Crippen LogP contribution in [0.3, 0.4) is 0 Å². The third-order valence-corrected chi connectivity index (χ3v) is 2.64. The maximum atomic E-state index is 12.2. The van der Waals surface area contributed by atoms with Crippen molar-refractivity contribution < 1.29 is 14.7 Å². The number of nitrogens with one attached hydrogen (secondary N) is 1. The predicted molar refractivity (Wildman–Crippen MR) is 72.8 cm³/mol. The van der Waals surface area contributed by atoms with E-state index < -0.39 is 0 Å². The number of hydrogen-bond acceptors (Lipinski definition) is 4. The molecule has 6 nitrogen and oxygen atoms in total. The number of carbonyl (C=O) groups excluding carboxylic acids is 2. The second-order valence-electron chi connectivity index (χ2n) is 4.04. The zero-order valence-corrected chi connectivity index (χ0v) is 11.1. The largest absolute Gasteiger partial charge is 0.508 e. The van der Waals surface area contributed by atoms with Gasteiger partial charge in [-0.1, -0.05) is 0 Å². The molecule has 0 radical (unpaired) electrons. The molecule has 1 aromatic rings. The Bertz CT molecular complexity index is 474. The summed E-state index contributed by atoms with van der Waals surface area (Å²) < 4.78 is 0. The predicted octanol–water partition coefficient (Wildman–Crippen LogP) is 0.573. The summed E-state index contributed by atoms with van der Waals surface area (Å²) in [7, 11) is 0. The average Bonchev–Trinajstić information content (AvgIpc) is 2.38. The number of rotatable bonds is 5. The van der Waals surface area contributed by atoms with Gasteiger partial charge in [-0.25, -0.2) is 0 Å². The van der Waals surface area contributed by atoms with Crippen LogP contribution >= 0.6 is 0 Å². The molecule has 0 spiro atoms. The Labute approximate surface area is 112 Å². The molecule has 0 saturated carbocycles. The molecule has 4 N–H and O–H groups in total. The van der Waals surface area contributed by atoms with Crippen LogP contribution in [-0.4, -0.2) is 41.5 Å². The van der Waals surface area contributed by atoms with Crippen molar-refractivity contribution in [2.45, 2.75) is 13.8 Å². The van der Waals surface area contributed by atoms with Crippen LogP contribution in [0.2, 0.25) is 0 Å². The van der Waals surface area contributed by atoms with Crippen LogP contribution in [0, 0.1) is 0 Å². The lowest BCUT2D eigenvalue weighted by Gasteiger charge is -2.21. The first kappa shape index (κ1) is 14.8. The third kappa shape index (κ3) is 3.87. The van der Waals surface area contributed by atoms with Crippen molar-refractivity contribution >= 4 is 17.5 Å². The molecule has 0 saturated heterocycles. The van der Waals surface area contributed by atoms with Gasteiger partial charge in [-0.3, -0.25) is 9.59 Å². The summed E-state index contributed by atoms with van der Waals surface area (Å²) in [4.78, 5) is 25.1. The van der Waals surface area contributed by atoms with Crippen molar-refractivity contribution in [2.24, 2.45) is 0 Å². The summed E-state index contributed by atoms with van der Waals surface area (Å²) in [6.45, 7) is 4.45. The van der Waals surface area contributed by atoms with Gasteiger partial charge in [-0.2, -0.15) is 0 Å². The number of benzene rings is 1. The fourth-order valence-electron chi connectivity index (χ4n) is 1.65. The van der Waals surface area contributed by atoms with E-state index in [2.05, 4.69) is 5.32 Å². The number of phenolic OH excluding ortho intramolecular Hbond substituents is 1. The van der Waals surface area contributed by atoms with Crippen LogP contribution in [0.1, 0.15) is 24.2 Å². The smallest absolute Gasteiger partial charge is 0.256 e. The first-order chi connectivity index (χ1) is 8.99. The zero-order valence-electron chi connectivity index (χ0n) is 11.1. The van der Waals surface area contributed by atoms with E-state index in [1.54, 1.807) is 6.92 Å². The highest BCUT2D eigenvalue weighted by atomic mass is 16.3. The molecule has 1 rings (SSSR count). The molecule has 0 aliphatic rings. The summed E-state index contributed by atoms with van der Waals surface area (Å²) >= 11 is 0. The van der Waals surface area contributed by atoms with Crippen LogP contribution in [0.25, 0.3) is 0 Å². The molecule has 6 heteroatoms. The number of anilines is 1. The average molecular weight is 265 g/mol. The first-order valence-electron chi connectivity index (χ1n) is 6.14. The van der Waals surface area contributed by atoms with E-state index in [4.69, 9.17) is 5.73 Å². The lowest BCUT2D eigenvalue weighted by molar-refractivity contribution is -0.121.